The summed E-state index contributed by atoms with van der Waals surface area (Å²) in [6.45, 7) is 0. The maximum atomic E-state index is 13.1. The number of amides is 4. The molecule has 1 fully saturated rings. The molecule has 0 aliphatic carbocycles. The Morgan fingerprint density at radius 2 is 1.07 bits per heavy atom. The third kappa shape index (κ3) is 2.05. The standard InChI is InChI=1S/C20H14N4O3/c25-17-20(18(26)24-19(27)23-17,15-9-11-5-1-3-7-13(11)21-15)16-10-12-6-2-4-8-14(12)22-16/h1-10,21-22H,(H2,23,24,25,26,27). The molecule has 0 spiro atoms. The number of imide groups is 2. The van der Waals surface area contributed by atoms with Crippen LogP contribution in [-0.2, 0) is 15.0 Å². The Bertz CT molecular complexity index is 1090. The summed E-state index contributed by atoms with van der Waals surface area (Å²) in [7, 11) is 0. The molecule has 0 bridgehead atoms. The van der Waals surface area contributed by atoms with Gasteiger partial charge in [0.15, 0.2) is 0 Å². The lowest BCUT2D eigenvalue weighted by atomic mass is 9.78. The second-order valence-corrected chi connectivity index (χ2v) is 6.53. The van der Waals surface area contributed by atoms with Crippen molar-refractivity contribution in [2.75, 3.05) is 0 Å². The number of aromatic nitrogens is 2. The van der Waals surface area contributed by atoms with E-state index in [1.165, 1.54) is 0 Å². The fraction of sp³-hybridized carbons (Fsp3) is 0.0500. The number of nitrogens with one attached hydrogen (secondary N) is 4. The van der Waals surface area contributed by atoms with E-state index in [1.54, 1.807) is 12.1 Å². The van der Waals surface area contributed by atoms with E-state index in [9.17, 15) is 14.4 Å². The summed E-state index contributed by atoms with van der Waals surface area (Å²) in [4.78, 5) is 44.2. The maximum absolute atomic E-state index is 13.1. The van der Waals surface area contributed by atoms with Crippen molar-refractivity contribution < 1.29 is 14.4 Å². The summed E-state index contributed by atoms with van der Waals surface area (Å²) in [6, 6.07) is 17.7. The van der Waals surface area contributed by atoms with Gasteiger partial charge < -0.3 is 9.97 Å². The number of hydrogen-bond donors (Lipinski definition) is 4. The molecule has 1 aliphatic rings. The molecule has 132 valence electrons. The smallest absolute Gasteiger partial charge is 0.328 e. The topological polar surface area (TPSA) is 107 Å². The molecule has 2 aromatic heterocycles. The molecule has 0 radical (unpaired) electrons. The SMILES string of the molecule is O=C1NC(=O)C(c2cc3ccccc3[nH]2)(c2cc3ccccc3[nH]2)C(=O)N1. The van der Waals surface area contributed by atoms with Crippen LogP contribution < -0.4 is 10.6 Å². The van der Waals surface area contributed by atoms with Gasteiger partial charge in [0.05, 0.1) is 0 Å². The Balaban J connectivity index is 1.83. The van der Waals surface area contributed by atoms with Crippen LogP contribution >= 0.6 is 0 Å². The third-order valence-electron chi connectivity index (χ3n) is 5.00. The average molecular weight is 358 g/mol. The van der Waals surface area contributed by atoms with Crippen LogP contribution in [0.3, 0.4) is 0 Å². The summed E-state index contributed by atoms with van der Waals surface area (Å²) < 4.78 is 0. The second-order valence-electron chi connectivity index (χ2n) is 6.53. The molecule has 4 N–H and O–H groups in total. The van der Waals surface area contributed by atoms with E-state index < -0.39 is 23.3 Å². The molecule has 1 saturated heterocycles. The number of carbonyl (C=O) groups excluding carboxylic acids is 3. The maximum Gasteiger partial charge on any atom is 0.328 e. The molecule has 0 unspecified atom stereocenters. The first-order chi connectivity index (χ1) is 13.1. The lowest BCUT2D eigenvalue weighted by Gasteiger charge is -2.32. The number of rotatable bonds is 2. The lowest BCUT2D eigenvalue weighted by molar-refractivity contribution is -0.136. The Kier molecular flexibility index (Phi) is 3.03. The van der Waals surface area contributed by atoms with Gasteiger partial charge in [-0.3, -0.25) is 20.2 Å². The van der Waals surface area contributed by atoms with Crippen molar-refractivity contribution >= 4 is 39.7 Å². The molecule has 4 amide bonds. The Morgan fingerprint density at radius 3 is 1.52 bits per heavy atom. The van der Waals surface area contributed by atoms with Crippen molar-refractivity contribution in [3.05, 3.63) is 72.1 Å². The Hall–Kier alpha value is -3.87. The van der Waals surface area contributed by atoms with Gasteiger partial charge in [0.25, 0.3) is 11.8 Å². The summed E-state index contributed by atoms with van der Waals surface area (Å²) in [5.74, 6) is -1.40. The van der Waals surface area contributed by atoms with Crippen LogP contribution in [0.15, 0.2) is 60.7 Å². The first-order valence-corrected chi connectivity index (χ1v) is 8.42. The van der Waals surface area contributed by atoms with Crippen LogP contribution in [0.25, 0.3) is 21.8 Å². The van der Waals surface area contributed by atoms with Gasteiger partial charge >= 0.3 is 6.03 Å². The number of barbiturate groups is 1. The summed E-state index contributed by atoms with van der Waals surface area (Å²) in [5.41, 5.74) is 0.628. The number of urea groups is 1. The predicted octanol–water partition coefficient (Wildman–Crippen LogP) is 2.30. The van der Waals surface area contributed by atoms with E-state index in [2.05, 4.69) is 20.6 Å². The van der Waals surface area contributed by atoms with Gasteiger partial charge in [-0.1, -0.05) is 36.4 Å². The quantitative estimate of drug-likeness (QED) is 0.413. The molecule has 0 atom stereocenters. The lowest BCUT2D eigenvalue weighted by Crippen LogP contribution is -2.65. The highest BCUT2D eigenvalue weighted by atomic mass is 16.2. The zero-order valence-corrected chi connectivity index (χ0v) is 14.0. The normalized spacial score (nSPS) is 16.5. The van der Waals surface area contributed by atoms with E-state index in [0.717, 1.165) is 21.8 Å². The van der Waals surface area contributed by atoms with Gasteiger partial charge in [0.2, 0.25) is 5.41 Å². The highest BCUT2D eigenvalue weighted by Gasteiger charge is 2.55. The molecule has 0 saturated carbocycles. The van der Waals surface area contributed by atoms with E-state index in [1.807, 2.05) is 48.5 Å². The molecular weight excluding hydrogens is 344 g/mol. The zero-order valence-electron chi connectivity index (χ0n) is 14.0. The molecular formula is C20H14N4O3. The van der Waals surface area contributed by atoms with Crippen molar-refractivity contribution in [3.63, 3.8) is 0 Å². The number of H-pyrrole nitrogens is 2. The highest BCUT2D eigenvalue weighted by molar-refractivity contribution is 6.25. The third-order valence-corrected chi connectivity index (χ3v) is 5.00. The number of hydrogen-bond acceptors (Lipinski definition) is 3. The van der Waals surface area contributed by atoms with E-state index in [-0.39, 0.29) is 0 Å². The zero-order chi connectivity index (χ0) is 18.6. The van der Waals surface area contributed by atoms with Gasteiger partial charge in [0, 0.05) is 22.4 Å². The average Bonchev–Trinajstić information content (AvgIpc) is 3.25. The Labute approximate surface area is 152 Å². The number of benzene rings is 2. The van der Waals surface area contributed by atoms with Crippen LogP contribution in [0.5, 0.6) is 0 Å². The second kappa shape index (κ2) is 5.31. The molecule has 5 rings (SSSR count). The van der Waals surface area contributed by atoms with E-state index >= 15 is 0 Å². The minimum Gasteiger partial charge on any atom is -0.357 e. The highest BCUT2D eigenvalue weighted by Crippen LogP contribution is 2.37. The van der Waals surface area contributed by atoms with Crippen molar-refractivity contribution in [2.45, 2.75) is 5.41 Å². The fourth-order valence-corrected chi connectivity index (χ4v) is 3.71. The molecule has 27 heavy (non-hydrogen) atoms. The molecule has 2 aromatic carbocycles. The van der Waals surface area contributed by atoms with Crippen molar-refractivity contribution in [1.29, 1.82) is 0 Å². The Morgan fingerprint density at radius 1 is 0.630 bits per heavy atom. The molecule has 3 heterocycles. The molecule has 7 nitrogen and oxygen atoms in total. The van der Waals surface area contributed by atoms with Crippen LogP contribution in [-0.4, -0.2) is 27.8 Å². The van der Waals surface area contributed by atoms with Gasteiger partial charge in [-0.25, -0.2) is 4.79 Å². The van der Waals surface area contributed by atoms with Crippen LogP contribution in [0, 0.1) is 0 Å². The van der Waals surface area contributed by atoms with E-state index in [0.29, 0.717) is 11.4 Å². The minimum absolute atomic E-state index is 0.387. The largest absolute Gasteiger partial charge is 0.357 e. The fourth-order valence-electron chi connectivity index (χ4n) is 3.71. The van der Waals surface area contributed by atoms with Crippen LogP contribution in [0.1, 0.15) is 11.4 Å². The summed E-state index contributed by atoms with van der Waals surface area (Å²) >= 11 is 0. The first-order valence-electron chi connectivity index (χ1n) is 8.42. The summed E-state index contributed by atoms with van der Waals surface area (Å²) in [5, 5.41) is 6.20. The molecule has 7 heteroatoms. The summed E-state index contributed by atoms with van der Waals surface area (Å²) in [6.07, 6.45) is 0. The predicted molar refractivity (Wildman–Crippen MR) is 99.1 cm³/mol. The van der Waals surface area contributed by atoms with E-state index in [4.69, 9.17) is 0 Å². The number of para-hydroxylation sites is 2. The first kappa shape index (κ1) is 15.4. The van der Waals surface area contributed by atoms with Gasteiger partial charge in [-0.05, 0) is 35.0 Å². The van der Waals surface area contributed by atoms with Gasteiger partial charge in [-0.15, -0.1) is 0 Å². The van der Waals surface area contributed by atoms with Crippen LogP contribution in [0.2, 0.25) is 0 Å². The van der Waals surface area contributed by atoms with Gasteiger partial charge in [0.1, 0.15) is 0 Å². The van der Waals surface area contributed by atoms with Crippen molar-refractivity contribution in [1.82, 2.24) is 20.6 Å². The number of aromatic amines is 2. The molecule has 4 aromatic rings. The van der Waals surface area contributed by atoms with Crippen molar-refractivity contribution in [3.8, 4) is 0 Å². The van der Waals surface area contributed by atoms with Crippen molar-refractivity contribution in [2.24, 2.45) is 0 Å². The minimum atomic E-state index is -1.73. The van der Waals surface area contributed by atoms with Crippen LogP contribution in [0.4, 0.5) is 4.79 Å². The van der Waals surface area contributed by atoms with Gasteiger partial charge in [-0.2, -0.15) is 0 Å². The number of carbonyl (C=O) groups is 3. The molecule has 1 aliphatic heterocycles. The monoisotopic (exact) mass is 358 g/mol. The number of fused-ring (bicyclic) bond motifs is 2.